The van der Waals surface area contributed by atoms with Crippen molar-refractivity contribution in [1.82, 2.24) is 0 Å². The number of aliphatic hydroxyl groups excluding tert-OH is 2. The number of esters is 2. The molecule has 138 valence electrons. The van der Waals surface area contributed by atoms with Crippen molar-refractivity contribution in [3.63, 3.8) is 0 Å². The highest BCUT2D eigenvalue weighted by Gasteiger charge is 2.47. The highest BCUT2D eigenvalue weighted by molar-refractivity contribution is 5.66. The van der Waals surface area contributed by atoms with Gasteiger partial charge in [-0.1, -0.05) is 30.3 Å². The van der Waals surface area contributed by atoms with Crippen LogP contribution in [0.2, 0.25) is 0 Å². The fourth-order valence-corrected chi connectivity index (χ4v) is 2.51. The number of hydrogen-bond acceptors (Lipinski definition) is 8. The van der Waals surface area contributed by atoms with Crippen molar-refractivity contribution in [2.24, 2.45) is 0 Å². The Hall–Kier alpha value is -2.00. The standard InChI is InChI=1S/C17H22O8/c1-10(18)22-9-13-14(20)15(24-11(2)19)16(17(21)25-13)23-8-12-6-4-3-5-7-12/h3-7,13-17,20-21H,8-9H2,1-2H3/t13-,14-,15+,16-,17?/m1/s1. The molecule has 2 rings (SSSR count). The van der Waals surface area contributed by atoms with E-state index >= 15 is 0 Å². The van der Waals surface area contributed by atoms with Gasteiger partial charge in [-0.25, -0.2) is 0 Å². The maximum atomic E-state index is 11.4. The first-order valence-electron chi connectivity index (χ1n) is 7.86. The molecule has 1 saturated heterocycles. The Bertz CT molecular complexity index is 575. The molecule has 8 heteroatoms. The van der Waals surface area contributed by atoms with Gasteiger partial charge in [0.15, 0.2) is 12.4 Å². The van der Waals surface area contributed by atoms with Crippen LogP contribution in [0.5, 0.6) is 0 Å². The molecule has 1 aliphatic heterocycles. The van der Waals surface area contributed by atoms with Gasteiger partial charge in [0.1, 0.15) is 24.9 Å². The van der Waals surface area contributed by atoms with Crippen LogP contribution < -0.4 is 0 Å². The molecular weight excluding hydrogens is 332 g/mol. The van der Waals surface area contributed by atoms with E-state index in [4.69, 9.17) is 18.9 Å². The van der Waals surface area contributed by atoms with Gasteiger partial charge in [0.2, 0.25) is 0 Å². The van der Waals surface area contributed by atoms with Crippen LogP contribution in [0.4, 0.5) is 0 Å². The molecule has 1 unspecified atom stereocenters. The number of hydrogen-bond donors (Lipinski definition) is 2. The molecule has 1 aromatic carbocycles. The number of ether oxygens (including phenoxy) is 4. The van der Waals surface area contributed by atoms with Crippen molar-refractivity contribution >= 4 is 11.9 Å². The molecule has 5 atom stereocenters. The van der Waals surface area contributed by atoms with Crippen LogP contribution in [-0.2, 0) is 35.1 Å². The molecule has 1 aromatic rings. The number of rotatable bonds is 6. The molecule has 1 aliphatic rings. The average molecular weight is 354 g/mol. The van der Waals surface area contributed by atoms with E-state index in [0.29, 0.717) is 0 Å². The highest BCUT2D eigenvalue weighted by atomic mass is 16.7. The second-order valence-corrected chi connectivity index (χ2v) is 5.69. The monoisotopic (exact) mass is 354 g/mol. The highest BCUT2D eigenvalue weighted by Crippen LogP contribution is 2.26. The molecule has 0 amide bonds. The van der Waals surface area contributed by atoms with Gasteiger partial charge in [-0.15, -0.1) is 0 Å². The van der Waals surface area contributed by atoms with E-state index in [1.165, 1.54) is 13.8 Å². The van der Waals surface area contributed by atoms with Crippen molar-refractivity contribution in [2.45, 2.75) is 51.2 Å². The first-order chi connectivity index (χ1) is 11.9. The summed E-state index contributed by atoms with van der Waals surface area (Å²) in [6.07, 6.45) is -6.08. The SMILES string of the molecule is CC(=O)OC[C@H]1OC(O)[C@H](OCc2ccccc2)[C@@H](OC(C)=O)[C@@H]1O. The summed E-state index contributed by atoms with van der Waals surface area (Å²) >= 11 is 0. The Balaban J connectivity index is 2.08. The third kappa shape index (κ3) is 5.50. The number of benzene rings is 1. The van der Waals surface area contributed by atoms with E-state index < -0.39 is 42.6 Å². The van der Waals surface area contributed by atoms with Gasteiger partial charge in [-0.05, 0) is 5.56 Å². The molecule has 1 fully saturated rings. The van der Waals surface area contributed by atoms with Crippen LogP contribution in [0, 0.1) is 0 Å². The summed E-state index contributed by atoms with van der Waals surface area (Å²) in [5, 5.41) is 20.6. The van der Waals surface area contributed by atoms with Crippen LogP contribution in [0.3, 0.4) is 0 Å². The quantitative estimate of drug-likeness (QED) is 0.694. The Morgan fingerprint density at radius 3 is 2.36 bits per heavy atom. The lowest BCUT2D eigenvalue weighted by atomic mass is 9.98. The lowest BCUT2D eigenvalue weighted by Crippen LogP contribution is -2.60. The molecule has 0 aliphatic carbocycles. The summed E-state index contributed by atoms with van der Waals surface area (Å²) in [4.78, 5) is 22.3. The van der Waals surface area contributed by atoms with Crippen molar-refractivity contribution in [3.8, 4) is 0 Å². The molecule has 1 heterocycles. The fraction of sp³-hybridized carbons (Fsp3) is 0.529. The van der Waals surface area contributed by atoms with Crippen LogP contribution >= 0.6 is 0 Å². The van der Waals surface area contributed by atoms with Crippen molar-refractivity contribution in [1.29, 1.82) is 0 Å². The first-order valence-corrected chi connectivity index (χ1v) is 7.86. The molecule has 0 aromatic heterocycles. The first kappa shape index (κ1) is 19.3. The smallest absolute Gasteiger partial charge is 0.303 e. The number of carbonyl (C=O) groups excluding carboxylic acids is 2. The third-order valence-electron chi connectivity index (χ3n) is 3.67. The average Bonchev–Trinajstić information content (AvgIpc) is 2.56. The molecule has 25 heavy (non-hydrogen) atoms. The maximum Gasteiger partial charge on any atom is 0.303 e. The number of aliphatic hydroxyl groups is 2. The minimum Gasteiger partial charge on any atom is -0.463 e. The van der Waals surface area contributed by atoms with E-state index in [1.54, 1.807) is 0 Å². The third-order valence-corrected chi connectivity index (χ3v) is 3.67. The minimum atomic E-state index is -1.46. The van der Waals surface area contributed by atoms with Gasteiger partial charge in [0, 0.05) is 13.8 Å². The summed E-state index contributed by atoms with van der Waals surface area (Å²) < 4.78 is 20.8. The van der Waals surface area contributed by atoms with Gasteiger partial charge in [-0.2, -0.15) is 0 Å². The lowest BCUT2D eigenvalue weighted by molar-refractivity contribution is -0.301. The van der Waals surface area contributed by atoms with Crippen LogP contribution in [0.1, 0.15) is 19.4 Å². The predicted molar refractivity (Wildman–Crippen MR) is 84.1 cm³/mol. The molecule has 0 spiro atoms. The minimum absolute atomic E-state index is 0.130. The zero-order valence-corrected chi connectivity index (χ0v) is 14.0. The molecule has 0 radical (unpaired) electrons. The molecule has 8 nitrogen and oxygen atoms in total. The zero-order valence-electron chi connectivity index (χ0n) is 14.0. The normalized spacial score (nSPS) is 29.0. The lowest BCUT2D eigenvalue weighted by Gasteiger charge is -2.41. The van der Waals surface area contributed by atoms with E-state index in [-0.39, 0.29) is 13.2 Å². The maximum absolute atomic E-state index is 11.4. The predicted octanol–water partition coefficient (Wildman–Crippen LogP) is 0.145. The molecule has 0 bridgehead atoms. The Labute approximate surface area is 145 Å². The summed E-state index contributed by atoms with van der Waals surface area (Å²) in [6.45, 7) is 2.24. The zero-order chi connectivity index (χ0) is 18.4. The fourth-order valence-electron chi connectivity index (χ4n) is 2.51. The summed E-state index contributed by atoms with van der Waals surface area (Å²) in [6, 6.07) is 9.18. The molecular formula is C17H22O8. The molecule has 0 saturated carbocycles. The summed E-state index contributed by atoms with van der Waals surface area (Å²) in [7, 11) is 0. The Morgan fingerprint density at radius 1 is 1.08 bits per heavy atom. The van der Waals surface area contributed by atoms with Gasteiger partial charge >= 0.3 is 11.9 Å². The van der Waals surface area contributed by atoms with Crippen LogP contribution in [-0.4, -0.2) is 59.5 Å². The van der Waals surface area contributed by atoms with Gasteiger partial charge < -0.3 is 29.2 Å². The van der Waals surface area contributed by atoms with Crippen molar-refractivity contribution in [2.75, 3.05) is 6.61 Å². The summed E-state index contributed by atoms with van der Waals surface area (Å²) in [5.74, 6) is -1.20. The van der Waals surface area contributed by atoms with Crippen LogP contribution in [0.25, 0.3) is 0 Å². The van der Waals surface area contributed by atoms with Gasteiger partial charge in [0.25, 0.3) is 0 Å². The van der Waals surface area contributed by atoms with Gasteiger partial charge in [0.05, 0.1) is 6.61 Å². The second kappa shape index (κ2) is 8.91. The van der Waals surface area contributed by atoms with E-state index in [0.717, 1.165) is 5.56 Å². The second-order valence-electron chi connectivity index (χ2n) is 5.69. The van der Waals surface area contributed by atoms with E-state index in [2.05, 4.69) is 0 Å². The topological polar surface area (TPSA) is 112 Å². The number of carbonyl (C=O) groups is 2. The van der Waals surface area contributed by atoms with Crippen LogP contribution in [0.15, 0.2) is 30.3 Å². The van der Waals surface area contributed by atoms with E-state index in [1.807, 2.05) is 30.3 Å². The van der Waals surface area contributed by atoms with E-state index in [9.17, 15) is 19.8 Å². The van der Waals surface area contributed by atoms with Gasteiger partial charge in [-0.3, -0.25) is 9.59 Å². The van der Waals surface area contributed by atoms with Crippen molar-refractivity contribution < 1.29 is 38.7 Å². The Morgan fingerprint density at radius 2 is 1.76 bits per heavy atom. The summed E-state index contributed by atoms with van der Waals surface area (Å²) in [5.41, 5.74) is 0.841. The largest absolute Gasteiger partial charge is 0.463 e. The Kier molecular flexibility index (Phi) is 6.89. The van der Waals surface area contributed by atoms with Crippen molar-refractivity contribution in [3.05, 3.63) is 35.9 Å². The molecule has 2 N–H and O–H groups in total.